The van der Waals surface area contributed by atoms with E-state index in [4.69, 9.17) is 9.29 Å². The molecule has 2 atom stereocenters. The third-order valence-corrected chi connectivity index (χ3v) is 3.51. The molecule has 0 bridgehead atoms. The maximum absolute atomic E-state index is 11.0. The van der Waals surface area contributed by atoms with Gasteiger partial charge in [-0.15, -0.1) is 0 Å². The summed E-state index contributed by atoms with van der Waals surface area (Å²) in [7, 11) is -4.31. The molecule has 6 heteroatoms. The molecule has 0 rings (SSSR count). The zero-order valence-corrected chi connectivity index (χ0v) is 9.45. The van der Waals surface area contributed by atoms with E-state index < -0.39 is 26.9 Å². The van der Waals surface area contributed by atoms with Gasteiger partial charge in [0, 0.05) is 6.08 Å². The number of rotatable bonds is 5. The molecule has 0 aromatic rings. The van der Waals surface area contributed by atoms with Crippen LogP contribution in [-0.2, 0) is 19.6 Å². The number of ether oxygens (including phenoxy) is 1. The molecule has 0 aliphatic heterocycles. The average molecular weight is 234 g/mol. The van der Waals surface area contributed by atoms with Gasteiger partial charge in [-0.3, -0.25) is 4.55 Å². The first-order valence-corrected chi connectivity index (χ1v) is 5.63. The number of hydrogen-bond donors (Lipinski definition) is 1. The van der Waals surface area contributed by atoms with Crippen LogP contribution >= 0.6 is 0 Å². The molecule has 0 fully saturated rings. The van der Waals surface area contributed by atoms with Crippen molar-refractivity contribution < 1.29 is 22.5 Å². The zero-order valence-electron chi connectivity index (χ0n) is 8.63. The molecule has 1 N–H and O–H groups in total. The maximum atomic E-state index is 11.0. The van der Waals surface area contributed by atoms with Gasteiger partial charge in [0.2, 0.25) is 0 Å². The summed E-state index contributed by atoms with van der Waals surface area (Å²) >= 11 is 0. The summed E-state index contributed by atoms with van der Waals surface area (Å²) < 4.78 is 35.5. The molecule has 5 nitrogen and oxygen atoms in total. The number of hydrogen-bond acceptors (Lipinski definition) is 4. The van der Waals surface area contributed by atoms with Crippen molar-refractivity contribution in [3.05, 3.63) is 25.3 Å². The third-order valence-electron chi connectivity index (χ3n) is 2.15. The number of carbonyl (C=O) groups is 1. The molecular formula is C9H14O5S. The monoisotopic (exact) mass is 234 g/mol. The van der Waals surface area contributed by atoms with Gasteiger partial charge in [0.15, 0.2) is 0 Å². The van der Waals surface area contributed by atoms with Crippen LogP contribution in [0.3, 0.4) is 0 Å². The first-order chi connectivity index (χ1) is 6.67. The van der Waals surface area contributed by atoms with E-state index in [-0.39, 0.29) is 0 Å². The van der Waals surface area contributed by atoms with Gasteiger partial charge < -0.3 is 4.74 Å². The summed E-state index contributed by atoms with van der Waals surface area (Å²) in [4.78, 5) is 11.0. The van der Waals surface area contributed by atoms with Gasteiger partial charge in [0.1, 0.15) is 10.9 Å². The summed E-state index contributed by atoms with van der Waals surface area (Å²) in [5.41, 5.74) is -1.49. The van der Waals surface area contributed by atoms with E-state index in [1.54, 1.807) is 0 Å². The molecule has 0 saturated carbocycles. The fourth-order valence-corrected chi connectivity index (χ4v) is 1.58. The van der Waals surface area contributed by atoms with Crippen molar-refractivity contribution in [2.24, 2.45) is 0 Å². The van der Waals surface area contributed by atoms with Crippen molar-refractivity contribution in [2.45, 2.75) is 24.7 Å². The van der Waals surface area contributed by atoms with Gasteiger partial charge in [0.25, 0.3) is 10.1 Å². The second kappa shape index (κ2) is 4.59. The molecular weight excluding hydrogens is 220 g/mol. The van der Waals surface area contributed by atoms with E-state index in [0.717, 1.165) is 12.2 Å². The second-order valence-electron chi connectivity index (χ2n) is 3.17. The molecule has 0 saturated heterocycles. The topological polar surface area (TPSA) is 80.7 Å². The van der Waals surface area contributed by atoms with Crippen molar-refractivity contribution in [3.8, 4) is 0 Å². The summed E-state index contributed by atoms with van der Waals surface area (Å²) in [6.07, 6.45) is 2.05. The van der Waals surface area contributed by atoms with Gasteiger partial charge in [-0.05, 0) is 19.9 Å². The fraction of sp³-hybridized carbons (Fsp3) is 0.444. The smallest absolute Gasteiger partial charge is 0.331 e. The predicted molar refractivity (Wildman–Crippen MR) is 55.9 cm³/mol. The number of carbonyl (C=O) groups excluding carboxylic acids is 1. The molecule has 2 unspecified atom stereocenters. The molecule has 0 heterocycles. The summed E-state index contributed by atoms with van der Waals surface area (Å²) in [5.74, 6) is -0.784. The lowest BCUT2D eigenvalue weighted by molar-refractivity contribution is -0.147. The largest absolute Gasteiger partial charge is 0.450 e. The minimum absolute atomic E-state index is 0.784. The Balaban J connectivity index is 5.10. The van der Waals surface area contributed by atoms with Crippen molar-refractivity contribution >= 4 is 16.1 Å². The summed E-state index contributed by atoms with van der Waals surface area (Å²) in [6, 6.07) is 0. The van der Waals surface area contributed by atoms with Crippen LogP contribution in [0.5, 0.6) is 0 Å². The number of esters is 1. The van der Waals surface area contributed by atoms with E-state index in [2.05, 4.69) is 13.2 Å². The minimum Gasteiger partial charge on any atom is -0.450 e. The Morgan fingerprint density at radius 2 is 2.00 bits per heavy atom. The first kappa shape index (κ1) is 13.9. The molecule has 0 aromatic heterocycles. The summed E-state index contributed by atoms with van der Waals surface area (Å²) in [6.45, 7) is 9.10. The van der Waals surface area contributed by atoms with E-state index in [1.807, 2.05) is 0 Å². The van der Waals surface area contributed by atoms with Gasteiger partial charge in [-0.25, -0.2) is 4.79 Å². The van der Waals surface area contributed by atoms with Crippen molar-refractivity contribution in [1.29, 1.82) is 0 Å². The Labute approximate surface area is 89.2 Å². The highest BCUT2D eigenvalue weighted by Crippen LogP contribution is 2.22. The lowest BCUT2D eigenvalue weighted by Crippen LogP contribution is -2.44. The van der Waals surface area contributed by atoms with Crippen molar-refractivity contribution in [3.63, 3.8) is 0 Å². The zero-order chi connectivity index (χ0) is 12.3. The molecule has 0 aromatic carbocycles. The molecule has 0 aliphatic rings. The van der Waals surface area contributed by atoms with E-state index in [1.165, 1.54) is 13.8 Å². The average Bonchev–Trinajstić information content (AvgIpc) is 2.14. The van der Waals surface area contributed by atoms with Crippen LogP contribution in [0, 0.1) is 0 Å². The SMILES string of the molecule is C=CC(=O)OC(C)(C=C)C(C)S(=O)(=O)O. The Morgan fingerprint density at radius 3 is 2.27 bits per heavy atom. The van der Waals surface area contributed by atoms with Crippen molar-refractivity contribution in [1.82, 2.24) is 0 Å². The fourth-order valence-electron chi connectivity index (χ4n) is 0.845. The Morgan fingerprint density at radius 1 is 1.53 bits per heavy atom. The normalized spacial score (nSPS) is 17.3. The van der Waals surface area contributed by atoms with Crippen LogP contribution in [0.4, 0.5) is 0 Å². The highest BCUT2D eigenvalue weighted by molar-refractivity contribution is 7.86. The van der Waals surface area contributed by atoms with Gasteiger partial charge in [-0.2, -0.15) is 8.42 Å². The minimum atomic E-state index is -4.31. The van der Waals surface area contributed by atoms with Gasteiger partial charge >= 0.3 is 5.97 Å². The van der Waals surface area contributed by atoms with Crippen LogP contribution in [0.15, 0.2) is 25.3 Å². The van der Waals surface area contributed by atoms with E-state index in [9.17, 15) is 13.2 Å². The highest BCUT2D eigenvalue weighted by Gasteiger charge is 2.39. The first-order valence-electron chi connectivity index (χ1n) is 4.12. The van der Waals surface area contributed by atoms with Crippen LogP contribution in [0.2, 0.25) is 0 Å². The Hall–Kier alpha value is -1.14. The standard InChI is InChI=1S/C9H14O5S/c1-5-8(10)14-9(4,6-2)7(3)15(11,12)13/h5-7H,1-2H2,3-4H3,(H,11,12,13). The van der Waals surface area contributed by atoms with Crippen LogP contribution in [0.25, 0.3) is 0 Å². The Kier molecular flexibility index (Phi) is 4.24. The van der Waals surface area contributed by atoms with Gasteiger partial charge in [0.05, 0.1) is 0 Å². The van der Waals surface area contributed by atoms with E-state index >= 15 is 0 Å². The lowest BCUT2D eigenvalue weighted by Gasteiger charge is -2.29. The molecule has 86 valence electrons. The van der Waals surface area contributed by atoms with Crippen molar-refractivity contribution in [2.75, 3.05) is 0 Å². The third kappa shape index (κ3) is 3.49. The molecule has 0 amide bonds. The molecule has 15 heavy (non-hydrogen) atoms. The highest BCUT2D eigenvalue weighted by atomic mass is 32.2. The quantitative estimate of drug-likeness (QED) is 0.331. The van der Waals surface area contributed by atoms with Crippen LogP contribution in [-0.4, -0.2) is 29.8 Å². The summed E-state index contributed by atoms with van der Waals surface area (Å²) in [5, 5.41) is -1.30. The second-order valence-corrected chi connectivity index (χ2v) is 4.91. The Bertz CT molecular complexity index is 370. The lowest BCUT2D eigenvalue weighted by atomic mass is 10.0. The molecule has 0 aliphatic carbocycles. The van der Waals surface area contributed by atoms with Crippen LogP contribution < -0.4 is 0 Å². The molecule has 0 spiro atoms. The van der Waals surface area contributed by atoms with E-state index in [0.29, 0.717) is 0 Å². The van der Waals surface area contributed by atoms with Gasteiger partial charge in [-0.1, -0.05) is 13.2 Å². The predicted octanol–water partition coefficient (Wildman–Crippen LogP) is 0.937. The van der Waals surface area contributed by atoms with Crippen LogP contribution in [0.1, 0.15) is 13.8 Å². The molecule has 0 radical (unpaired) electrons. The maximum Gasteiger partial charge on any atom is 0.331 e.